The summed E-state index contributed by atoms with van der Waals surface area (Å²) in [6.45, 7) is 10.8. The van der Waals surface area contributed by atoms with Crippen LogP contribution in [0.15, 0.2) is 53.1 Å². The molecule has 0 aliphatic heterocycles. The van der Waals surface area contributed by atoms with Crippen molar-refractivity contribution in [2.24, 2.45) is 0 Å². The third kappa shape index (κ3) is 5.02. The van der Waals surface area contributed by atoms with Crippen LogP contribution in [-0.2, 0) is 6.42 Å². The first-order chi connectivity index (χ1) is 15.4. The Morgan fingerprint density at radius 3 is 2.47 bits per heavy atom. The van der Waals surface area contributed by atoms with Gasteiger partial charge >= 0.3 is 0 Å². The largest absolute Gasteiger partial charge is 0.491 e. The molecule has 2 heterocycles. The Kier molecular flexibility index (Phi) is 6.30. The van der Waals surface area contributed by atoms with Crippen LogP contribution in [0, 0.1) is 20.8 Å². The number of ether oxygens (including phenoxy) is 2. The maximum absolute atomic E-state index is 6.11. The summed E-state index contributed by atoms with van der Waals surface area (Å²) in [6, 6.07) is 16.1. The Hall–Kier alpha value is -3.54. The molecule has 2 aromatic carbocycles. The lowest BCUT2D eigenvalue weighted by Crippen LogP contribution is -2.07. The zero-order valence-corrected chi connectivity index (χ0v) is 19.2. The van der Waals surface area contributed by atoms with Gasteiger partial charge in [0.2, 0.25) is 5.88 Å². The van der Waals surface area contributed by atoms with Gasteiger partial charge in [-0.1, -0.05) is 11.2 Å². The van der Waals surface area contributed by atoms with Crippen molar-refractivity contribution in [3.63, 3.8) is 0 Å². The number of nitrogens with one attached hydrogen (secondary N) is 1. The maximum atomic E-state index is 6.11. The van der Waals surface area contributed by atoms with Crippen molar-refractivity contribution < 1.29 is 14.0 Å². The van der Waals surface area contributed by atoms with Crippen molar-refractivity contribution in [2.75, 3.05) is 11.9 Å². The Bertz CT molecular complexity index is 1230. The number of aromatic nitrogens is 2. The van der Waals surface area contributed by atoms with Crippen LogP contribution in [0.2, 0.25) is 0 Å². The first-order valence-corrected chi connectivity index (χ1v) is 10.9. The first-order valence-electron chi connectivity index (χ1n) is 10.9. The normalized spacial score (nSPS) is 11.2. The predicted molar refractivity (Wildman–Crippen MR) is 127 cm³/mol. The molecule has 0 aliphatic carbocycles. The van der Waals surface area contributed by atoms with Gasteiger partial charge in [-0.2, -0.15) is 0 Å². The zero-order valence-electron chi connectivity index (χ0n) is 19.2. The molecule has 4 aromatic rings. The smallest absolute Gasteiger partial charge is 0.219 e. The predicted octanol–water partition coefficient (Wildman–Crippen LogP) is 6.38. The summed E-state index contributed by atoms with van der Waals surface area (Å²) in [4.78, 5) is 4.69. The van der Waals surface area contributed by atoms with E-state index < -0.39 is 0 Å². The van der Waals surface area contributed by atoms with Gasteiger partial charge in [-0.3, -0.25) is 0 Å². The molecule has 6 heteroatoms. The van der Waals surface area contributed by atoms with Crippen LogP contribution in [0.4, 0.5) is 5.82 Å². The van der Waals surface area contributed by atoms with Gasteiger partial charge < -0.3 is 19.3 Å². The molecule has 32 heavy (non-hydrogen) atoms. The van der Waals surface area contributed by atoms with E-state index in [1.54, 1.807) is 0 Å². The summed E-state index contributed by atoms with van der Waals surface area (Å²) in [5.41, 5.74) is 4.26. The number of hydrogen-bond donors (Lipinski definition) is 1. The molecule has 166 valence electrons. The SMILES string of the molecule is Cc1cc(NCCc2ccc3nc(Oc4ccc(OC(C)C)c(C)c4C)ccc3c2)no1. The van der Waals surface area contributed by atoms with E-state index in [2.05, 4.69) is 22.6 Å². The molecule has 0 aliphatic rings. The molecule has 0 saturated carbocycles. The number of benzene rings is 2. The van der Waals surface area contributed by atoms with Crippen LogP contribution in [0.5, 0.6) is 17.4 Å². The minimum absolute atomic E-state index is 0.134. The molecule has 2 aromatic heterocycles. The summed E-state index contributed by atoms with van der Waals surface area (Å²) in [7, 11) is 0. The van der Waals surface area contributed by atoms with Gasteiger partial charge in [0, 0.05) is 24.1 Å². The Morgan fingerprint density at radius 2 is 1.72 bits per heavy atom. The molecule has 1 N–H and O–H groups in total. The van der Waals surface area contributed by atoms with Crippen molar-refractivity contribution in [3.8, 4) is 17.4 Å². The molecule has 0 radical (unpaired) electrons. The number of anilines is 1. The number of hydrogen-bond acceptors (Lipinski definition) is 6. The van der Waals surface area contributed by atoms with Crippen molar-refractivity contribution in [3.05, 3.63) is 71.0 Å². The van der Waals surface area contributed by atoms with Gasteiger partial charge in [0.15, 0.2) is 5.82 Å². The van der Waals surface area contributed by atoms with Crippen LogP contribution >= 0.6 is 0 Å². The topological polar surface area (TPSA) is 69.4 Å². The van der Waals surface area contributed by atoms with E-state index in [0.29, 0.717) is 5.88 Å². The van der Waals surface area contributed by atoms with E-state index in [1.165, 1.54) is 5.56 Å². The minimum atomic E-state index is 0.134. The monoisotopic (exact) mass is 431 g/mol. The standard InChI is InChI=1S/C26H29N3O3/c1-16(2)30-23-9-10-24(19(5)18(23)4)31-26-11-7-21-15-20(6-8-22(21)28-26)12-13-27-25-14-17(3)32-29-25/h6-11,14-16H,12-13H2,1-5H3,(H,27,29). The van der Waals surface area contributed by atoms with E-state index in [0.717, 1.165) is 58.1 Å². The Morgan fingerprint density at radius 1 is 0.938 bits per heavy atom. The fourth-order valence-corrected chi connectivity index (χ4v) is 3.53. The molecule has 0 unspecified atom stereocenters. The van der Waals surface area contributed by atoms with E-state index in [1.807, 2.05) is 71.0 Å². The van der Waals surface area contributed by atoms with Crippen LogP contribution in [-0.4, -0.2) is 22.8 Å². The van der Waals surface area contributed by atoms with Gasteiger partial charge in [-0.25, -0.2) is 4.98 Å². The van der Waals surface area contributed by atoms with E-state index in [-0.39, 0.29) is 6.10 Å². The average Bonchev–Trinajstić information content (AvgIpc) is 3.18. The highest BCUT2D eigenvalue weighted by atomic mass is 16.5. The first kappa shape index (κ1) is 21.7. The third-order valence-corrected chi connectivity index (χ3v) is 5.34. The molecule has 6 nitrogen and oxygen atoms in total. The number of aryl methyl sites for hydroxylation is 1. The van der Waals surface area contributed by atoms with Gasteiger partial charge in [0.1, 0.15) is 17.3 Å². The van der Waals surface area contributed by atoms with Crippen molar-refractivity contribution in [1.29, 1.82) is 0 Å². The van der Waals surface area contributed by atoms with E-state index in [9.17, 15) is 0 Å². The zero-order chi connectivity index (χ0) is 22.7. The summed E-state index contributed by atoms with van der Waals surface area (Å²) in [5.74, 6) is 3.81. The fourth-order valence-electron chi connectivity index (χ4n) is 3.53. The molecule has 4 rings (SSSR count). The molecule has 0 amide bonds. The van der Waals surface area contributed by atoms with Crippen molar-refractivity contribution in [1.82, 2.24) is 10.1 Å². The highest BCUT2D eigenvalue weighted by Crippen LogP contribution is 2.32. The molecular weight excluding hydrogens is 402 g/mol. The quantitative estimate of drug-likeness (QED) is 0.349. The summed E-state index contributed by atoms with van der Waals surface area (Å²) < 4.78 is 17.1. The van der Waals surface area contributed by atoms with E-state index in [4.69, 9.17) is 19.0 Å². The van der Waals surface area contributed by atoms with Crippen LogP contribution in [0.25, 0.3) is 10.9 Å². The minimum Gasteiger partial charge on any atom is -0.491 e. The van der Waals surface area contributed by atoms with Gasteiger partial charge in [0.25, 0.3) is 0 Å². The number of nitrogens with zero attached hydrogens (tertiary/aromatic N) is 2. The lowest BCUT2D eigenvalue weighted by Gasteiger charge is -2.16. The van der Waals surface area contributed by atoms with Gasteiger partial charge in [0.05, 0.1) is 11.6 Å². The third-order valence-electron chi connectivity index (χ3n) is 5.34. The van der Waals surface area contributed by atoms with Crippen molar-refractivity contribution >= 4 is 16.7 Å². The summed E-state index contributed by atoms with van der Waals surface area (Å²) in [6.07, 6.45) is 1.01. The Labute approximate surface area is 188 Å². The van der Waals surface area contributed by atoms with Gasteiger partial charge in [-0.05, 0) is 88.1 Å². The second-order valence-electron chi connectivity index (χ2n) is 8.26. The number of fused-ring (bicyclic) bond motifs is 1. The number of rotatable bonds is 8. The second-order valence-corrected chi connectivity index (χ2v) is 8.26. The molecular formula is C26H29N3O3. The molecule has 0 fully saturated rings. The maximum Gasteiger partial charge on any atom is 0.219 e. The Balaban J connectivity index is 1.44. The van der Waals surface area contributed by atoms with Crippen LogP contribution in [0.3, 0.4) is 0 Å². The van der Waals surface area contributed by atoms with Crippen molar-refractivity contribution in [2.45, 2.75) is 47.1 Å². The highest BCUT2D eigenvalue weighted by molar-refractivity contribution is 5.80. The molecule has 0 bridgehead atoms. The van der Waals surface area contributed by atoms with Crippen LogP contribution in [0.1, 0.15) is 36.3 Å². The number of pyridine rings is 1. The van der Waals surface area contributed by atoms with E-state index >= 15 is 0 Å². The molecule has 0 atom stereocenters. The highest BCUT2D eigenvalue weighted by Gasteiger charge is 2.11. The summed E-state index contributed by atoms with van der Waals surface area (Å²) >= 11 is 0. The molecule has 0 spiro atoms. The second kappa shape index (κ2) is 9.30. The lowest BCUT2D eigenvalue weighted by atomic mass is 10.1. The lowest BCUT2D eigenvalue weighted by molar-refractivity contribution is 0.240. The fraction of sp³-hybridized carbons (Fsp3) is 0.308. The molecule has 0 saturated heterocycles. The summed E-state index contributed by atoms with van der Waals surface area (Å²) in [5, 5.41) is 8.31. The van der Waals surface area contributed by atoms with Gasteiger partial charge in [-0.15, -0.1) is 0 Å². The van der Waals surface area contributed by atoms with Crippen LogP contribution < -0.4 is 14.8 Å². The average molecular weight is 432 g/mol.